The highest BCUT2D eigenvalue weighted by Gasteiger charge is 2.31. The van der Waals surface area contributed by atoms with Crippen molar-refractivity contribution in [2.45, 2.75) is 19.7 Å². The number of hydrogen-bond donors (Lipinski definition) is 2. The molecule has 1 aromatic rings. The van der Waals surface area contributed by atoms with Crippen LogP contribution in [0.3, 0.4) is 0 Å². The van der Waals surface area contributed by atoms with Crippen LogP contribution in [0.4, 0.5) is 19.0 Å². The molecule has 4 nitrogen and oxygen atoms in total. The van der Waals surface area contributed by atoms with Crippen LogP contribution in [0.15, 0.2) is 12.1 Å². The van der Waals surface area contributed by atoms with Gasteiger partial charge in [0.25, 0.3) is 0 Å². The summed E-state index contributed by atoms with van der Waals surface area (Å²) in [6.45, 7) is -0.306. The molecule has 0 amide bonds. The van der Waals surface area contributed by atoms with Gasteiger partial charge in [0, 0.05) is 12.2 Å². The molecule has 0 unspecified atom stereocenters. The summed E-state index contributed by atoms with van der Waals surface area (Å²) in [4.78, 5) is 4.95. The second-order valence-electron chi connectivity index (χ2n) is 3.83. The summed E-state index contributed by atoms with van der Waals surface area (Å²) >= 11 is 0. The average Bonchev–Trinajstić information content (AvgIpc) is 2.26. The van der Waals surface area contributed by atoms with E-state index in [1.54, 1.807) is 6.92 Å². The minimum Gasteiger partial charge on any atom is -0.395 e. The quantitative estimate of drug-likeness (QED) is 0.840. The second kappa shape index (κ2) is 6.01. The molecule has 1 aromatic heterocycles. The molecule has 0 atom stereocenters. The van der Waals surface area contributed by atoms with E-state index in [4.69, 9.17) is 10.2 Å². The molecule has 0 aliphatic carbocycles. The van der Waals surface area contributed by atoms with Gasteiger partial charge in [-0.05, 0) is 18.6 Å². The Labute approximate surface area is 103 Å². The van der Waals surface area contributed by atoms with E-state index in [2.05, 4.69) is 4.98 Å². The lowest BCUT2D eigenvalue weighted by molar-refractivity contribution is -0.120. The third kappa shape index (κ3) is 4.15. The van der Waals surface area contributed by atoms with Gasteiger partial charge in [0.15, 0.2) is 0 Å². The van der Waals surface area contributed by atoms with Crippen molar-refractivity contribution >= 4 is 5.82 Å². The summed E-state index contributed by atoms with van der Waals surface area (Å²) < 4.78 is 37.1. The molecule has 1 heterocycles. The van der Waals surface area contributed by atoms with Crippen LogP contribution >= 0.6 is 0 Å². The number of halogens is 3. The first-order valence-corrected chi connectivity index (χ1v) is 5.37. The van der Waals surface area contributed by atoms with Crippen molar-refractivity contribution in [2.75, 3.05) is 24.6 Å². The van der Waals surface area contributed by atoms with Crippen molar-refractivity contribution < 1.29 is 23.4 Å². The zero-order chi connectivity index (χ0) is 13.8. The normalized spacial score (nSPS) is 11.7. The Morgan fingerprint density at radius 3 is 2.39 bits per heavy atom. The lowest BCUT2D eigenvalue weighted by Crippen LogP contribution is -2.36. The Morgan fingerprint density at radius 1 is 1.28 bits per heavy atom. The molecule has 2 N–H and O–H groups in total. The maximum absolute atomic E-state index is 12.4. The molecule has 0 bridgehead atoms. The van der Waals surface area contributed by atoms with Gasteiger partial charge in [0.2, 0.25) is 0 Å². The summed E-state index contributed by atoms with van der Waals surface area (Å²) in [6.07, 6.45) is -4.36. The van der Waals surface area contributed by atoms with Crippen LogP contribution < -0.4 is 4.90 Å². The average molecular weight is 264 g/mol. The molecule has 0 spiro atoms. The molecule has 0 fully saturated rings. The summed E-state index contributed by atoms with van der Waals surface area (Å²) in [5.74, 6) is 0.135. The zero-order valence-corrected chi connectivity index (χ0v) is 9.91. The fourth-order valence-electron chi connectivity index (χ4n) is 1.53. The molecule has 0 saturated carbocycles. The molecule has 0 radical (unpaired) electrons. The SMILES string of the molecule is Cc1nc(N(CCO)CC(F)(F)F)ccc1CO. The van der Waals surface area contributed by atoms with Gasteiger partial charge in [-0.1, -0.05) is 6.07 Å². The predicted octanol–water partition coefficient (Wildman–Crippen LogP) is 1.24. The highest BCUT2D eigenvalue weighted by molar-refractivity contribution is 5.41. The Bertz CT molecular complexity index is 396. The van der Waals surface area contributed by atoms with Gasteiger partial charge >= 0.3 is 6.18 Å². The number of aliphatic hydroxyl groups excluding tert-OH is 2. The van der Waals surface area contributed by atoms with Crippen LogP contribution in [-0.2, 0) is 6.61 Å². The number of aliphatic hydroxyl groups is 2. The molecule has 0 aliphatic heterocycles. The zero-order valence-electron chi connectivity index (χ0n) is 9.91. The summed E-state index contributed by atoms with van der Waals surface area (Å²) in [5, 5.41) is 17.8. The van der Waals surface area contributed by atoms with E-state index in [9.17, 15) is 13.2 Å². The third-order valence-electron chi connectivity index (χ3n) is 2.41. The van der Waals surface area contributed by atoms with E-state index in [0.29, 0.717) is 11.3 Å². The van der Waals surface area contributed by atoms with Crippen LogP contribution in [0, 0.1) is 6.92 Å². The molecule has 102 valence electrons. The van der Waals surface area contributed by atoms with Gasteiger partial charge in [0.1, 0.15) is 12.4 Å². The number of hydrogen-bond acceptors (Lipinski definition) is 4. The fraction of sp³-hybridized carbons (Fsp3) is 0.545. The van der Waals surface area contributed by atoms with Crippen molar-refractivity contribution in [3.8, 4) is 0 Å². The minimum absolute atomic E-state index is 0.135. The van der Waals surface area contributed by atoms with Crippen LogP contribution in [0.1, 0.15) is 11.3 Å². The summed E-state index contributed by atoms with van der Waals surface area (Å²) in [5.41, 5.74) is 1.04. The largest absolute Gasteiger partial charge is 0.405 e. The molecular weight excluding hydrogens is 249 g/mol. The number of nitrogens with zero attached hydrogens (tertiary/aromatic N) is 2. The van der Waals surface area contributed by atoms with Crippen LogP contribution in [0.25, 0.3) is 0 Å². The van der Waals surface area contributed by atoms with Gasteiger partial charge in [-0.25, -0.2) is 4.98 Å². The molecule has 1 rings (SSSR count). The number of aryl methyl sites for hydroxylation is 1. The van der Waals surface area contributed by atoms with E-state index in [0.717, 1.165) is 4.90 Å². The van der Waals surface area contributed by atoms with Crippen molar-refractivity contribution in [3.63, 3.8) is 0 Å². The highest BCUT2D eigenvalue weighted by atomic mass is 19.4. The smallest absolute Gasteiger partial charge is 0.395 e. The molecule has 0 saturated heterocycles. The summed E-state index contributed by atoms with van der Waals surface area (Å²) in [6, 6.07) is 2.93. The van der Waals surface area contributed by atoms with E-state index < -0.39 is 19.3 Å². The third-order valence-corrected chi connectivity index (χ3v) is 2.41. The van der Waals surface area contributed by atoms with E-state index >= 15 is 0 Å². The standard InChI is InChI=1S/C11H15F3N2O2/c1-8-9(6-18)2-3-10(15-8)16(4-5-17)7-11(12,13)14/h2-3,17-18H,4-7H2,1H3. The number of anilines is 1. The maximum Gasteiger partial charge on any atom is 0.405 e. The Morgan fingerprint density at radius 2 is 1.94 bits per heavy atom. The molecule has 7 heteroatoms. The lowest BCUT2D eigenvalue weighted by atomic mass is 10.2. The number of pyridine rings is 1. The minimum atomic E-state index is -4.36. The Kier molecular flexibility index (Phi) is 4.92. The first kappa shape index (κ1) is 14.7. The van der Waals surface area contributed by atoms with Gasteiger partial charge < -0.3 is 15.1 Å². The highest BCUT2D eigenvalue weighted by Crippen LogP contribution is 2.21. The van der Waals surface area contributed by atoms with Gasteiger partial charge in [0.05, 0.1) is 13.2 Å². The fourth-order valence-corrected chi connectivity index (χ4v) is 1.53. The van der Waals surface area contributed by atoms with Crippen LogP contribution in [-0.4, -0.2) is 41.1 Å². The second-order valence-corrected chi connectivity index (χ2v) is 3.83. The molecule has 0 aromatic carbocycles. The monoisotopic (exact) mass is 264 g/mol. The summed E-state index contributed by atoms with van der Waals surface area (Å²) in [7, 11) is 0. The molecule has 0 aliphatic rings. The first-order chi connectivity index (χ1) is 8.37. The number of aromatic nitrogens is 1. The maximum atomic E-state index is 12.4. The van der Waals surface area contributed by atoms with Gasteiger partial charge in [-0.2, -0.15) is 13.2 Å². The predicted molar refractivity (Wildman–Crippen MR) is 60.3 cm³/mol. The number of rotatable bonds is 5. The van der Waals surface area contributed by atoms with E-state index in [-0.39, 0.29) is 19.0 Å². The van der Waals surface area contributed by atoms with Crippen LogP contribution in [0.2, 0.25) is 0 Å². The Balaban J connectivity index is 2.95. The van der Waals surface area contributed by atoms with Crippen molar-refractivity contribution in [1.29, 1.82) is 0 Å². The van der Waals surface area contributed by atoms with Gasteiger partial charge in [-0.15, -0.1) is 0 Å². The van der Waals surface area contributed by atoms with Crippen molar-refractivity contribution in [3.05, 3.63) is 23.4 Å². The van der Waals surface area contributed by atoms with Crippen molar-refractivity contribution in [2.24, 2.45) is 0 Å². The van der Waals surface area contributed by atoms with E-state index in [1.165, 1.54) is 12.1 Å². The van der Waals surface area contributed by atoms with Crippen molar-refractivity contribution in [1.82, 2.24) is 4.98 Å². The van der Waals surface area contributed by atoms with Gasteiger partial charge in [-0.3, -0.25) is 0 Å². The number of alkyl halides is 3. The topological polar surface area (TPSA) is 56.6 Å². The molecule has 18 heavy (non-hydrogen) atoms. The van der Waals surface area contributed by atoms with Crippen LogP contribution in [0.5, 0.6) is 0 Å². The Hall–Kier alpha value is -1.34. The van der Waals surface area contributed by atoms with E-state index in [1.807, 2.05) is 0 Å². The molecular formula is C11H15F3N2O2. The first-order valence-electron chi connectivity index (χ1n) is 5.37. The lowest BCUT2D eigenvalue weighted by Gasteiger charge is -2.24.